The van der Waals surface area contributed by atoms with Gasteiger partial charge in [-0.25, -0.2) is 16.1 Å². The van der Waals surface area contributed by atoms with Gasteiger partial charge in [0.2, 0.25) is 0 Å². The van der Waals surface area contributed by atoms with Crippen LogP contribution >= 0.6 is 0 Å². The van der Waals surface area contributed by atoms with E-state index in [0.717, 1.165) is 5.69 Å². The van der Waals surface area contributed by atoms with Crippen LogP contribution in [0.1, 0.15) is 11.4 Å². The Bertz CT molecular complexity index is 349. The third kappa shape index (κ3) is 3.20. The highest BCUT2D eigenvalue weighted by molar-refractivity contribution is 5.79. The average molecular weight is 193 g/mol. The fourth-order valence-corrected chi connectivity index (χ4v) is 0.825. The molecule has 2 amide bonds. The minimum atomic E-state index is -0.575. The van der Waals surface area contributed by atoms with Crippen LogP contribution in [-0.4, -0.2) is 17.2 Å². The summed E-state index contributed by atoms with van der Waals surface area (Å²) in [6.07, 6.45) is 1.43. The number of hydrazine groups is 1. The van der Waals surface area contributed by atoms with Crippen LogP contribution in [0.15, 0.2) is 23.3 Å². The number of nitrogens with zero attached hydrogens (tertiary/aromatic N) is 2. The molecule has 0 aliphatic heterocycles. The highest BCUT2D eigenvalue weighted by atomic mass is 16.2. The molecular weight excluding hydrogens is 182 g/mol. The maximum Gasteiger partial charge on any atom is 0.349 e. The summed E-state index contributed by atoms with van der Waals surface area (Å²) >= 11 is 0. The quantitative estimate of drug-likeness (QED) is 0.265. The van der Waals surface area contributed by atoms with Gasteiger partial charge >= 0.3 is 6.03 Å². The van der Waals surface area contributed by atoms with Crippen LogP contribution in [0.25, 0.3) is 0 Å². The number of rotatable bonds is 2. The average Bonchev–Trinajstić information content (AvgIpc) is 2.17. The highest BCUT2D eigenvalue weighted by Crippen LogP contribution is 1.94. The van der Waals surface area contributed by atoms with Gasteiger partial charge in [0.1, 0.15) is 0 Å². The van der Waals surface area contributed by atoms with E-state index in [4.69, 9.17) is 5.84 Å². The van der Waals surface area contributed by atoms with Crippen LogP contribution < -0.4 is 16.7 Å². The molecule has 0 fully saturated rings. The molecule has 0 atom stereocenters. The summed E-state index contributed by atoms with van der Waals surface area (Å²) in [6.45, 7) is 1.87. The van der Waals surface area contributed by atoms with Crippen molar-refractivity contribution in [2.45, 2.75) is 6.92 Å². The van der Waals surface area contributed by atoms with Gasteiger partial charge in [-0.1, -0.05) is 6.07 Å². The Labute approximate surface area is 81.2 Å². The Morgan fingerprint density at radius 2 is 2.43 bits per heavy atom. The highest BCUT2D eigenvalue weighted by Gasteiger charge is 1.92. The van der Waals surface area contributed by atoms with Gasteiger partial charge in [0.25, 0.3) is 0 Å². The fraction of sp³-hybridized carbons (Fsp3) is 0.125. The fourth-order valence-electron chi connectivity index (χ4n) is 0.825. The van der Waals surface area contributed by atoms with Gasteiger partial charge in [-0.05, 0) is 19.1 Å². The zero-order valence-corrected chi connectivity index (χ0v) is 7.69. The van der Waals surface area contributed by atoms with E-state index in [2.05, 4.69) is 15.5 Å². The standard InChI is InChI=1S/C8H11N5O/c1-6-3-2-4-7(11-6)5-10-13-8(14)12-9/h2-5H,9H2,1H3,(H2,12,13,14)/b10-5+. The topological polar surface area (TPSA) is 92.4 Å². The number of nitrogens with one attached hydrogen (secondary N) is 2. The molecule has 1 aromatic heterocycles. The van der Waals surface area contributed by atoms with Crippen molar-refractivity contribution in [2.75, 3.05) is 0 Å². The molecule has 0 aromatic carbocycles. The Hall–Kier alpha value is -1.95. The third-order valence-electron chi connectivity index (χ3n) is 1.40. The number of hydrogen-bond acceptors (Lipinski definition) is 4. The van der Waals surface area contributed by atoms with Gasteiger partial charge in [-0.15, -0.1) is 0 Å². The molecule has 6 nitrogen and oxygen atoms in total. The summed E-state index contributed by atoms with van der Waals surface area (Å²) in [5, 5.41) is 3.62. The number of amides is 2. The van der Waals surface area contributed by atoms with Crippen molar-refractivity contribution in [3.63, 3.8) is 0 Å². The van der Waals surface area contributed by atoms with Crippen molar-refractivity contribution in [3.05, 3.63) is 29.6 Å². The first-order valence-corrected chi connectivity index (χ1v) is 3.95. The van der Waals surface area contributed by atoms with Crippen LogP contribution in [0.2, 0.25) is 0 Å². The normalized spacial score (nSPS) is 10.1. The molecule has 6 heteroatoms. The lowest BCUT2D eigenvalue weighted by molar-refractivity contribution is 0.241. The summed E-state index contributed by atoms with van der Waals surface area (Å²) < 4.78 is 0. The van der Waals surface area contributed by atoms with E-state index in [1.165, 1.54) is 6.21 Å². The van der Waals surface area contributed by atoms with Gasteiger partial charge in [-0.3, -0.25) is 10.4 Å². The molecule has 0 unspecified atom stereocenters. The molecule has 0 spiro atoms. The van der Waals surface area contributed by atoms with Gasteiger partial charge in [0.15, 0.2) is 0 Å². The van der Waals surface area contributed by atoms with Crippen LogP contribution in [0.4, 0.5) is 4.79 Å². The van der Waals surface area contributed by atoms with E-state index < -0.39 is 6.03 Å². The lowest BCUT2D eigenvalue weighted by Gasteiger charge is -1.96. The van der Waals surface area contributed by atoms with Crippen molar-refractivity contribution < 1.29 is 4.79 Å². The van der Waals surface area contributed by atoms with Crippen molar-refractivity contribution >= 4 is 12.2 Å². The molecule has 1 aromatic rings. The summed E-state index contributed by atoms with van der Waals surface area (Å²) in [5.74, 6) is 4.82. The van der Waals surface area contributed by atoms with Crippen molar-refractivity contribution in [1.29, 1.82) is 0 Å². The Kier molecular flexibility index (Phi) is 3.57. The summed E-state index contributed by atoms with van der Waals surface area (Å²) in [6, 6.07) is 4.93. The number of hydrogen-bond donors (Lipinski definition) is 3. The molecule has 0 radical (unpaired) electrons. The van der Waals surface area contributed by atoms with Gasteiger partial charge in [0.05, 0.1) is 11.9 Å². The molecule has 1 rings (SSSR count). The van der Waals surface area contributed by atoms with Gasteiger partial charge < -0.3 is 0 Å². The number of pyridine rings is 1. The lowest BCUT2D eigenvalue weighted by Crippen LogP contribution is -2.37. The van der Waals surface area contributed by atoms with E-state index in [0.29, 0.717) is 5.69 Å². The molecular formula is C8H11N5O. The maximum atomic E-state index is 10.6. The van der Waals surface area contributed by atoms with Crippen molar-refractivity contribution in [1.82, 2.24) is 15.8 Å². The number of aryl methyl sites for hydroxylation is 1. The summed E-state index contributed by atoms with van der Waals surface area (Å²) in [7, 11) is 0. The van der Waals surface area contributed by atoms with E-state index in [9.17, 15) is 4.79 Å². The number of carbonyl (C=O) groups excluding carboxylic acids is 1. The third-order valence-corrected chi connectivity index (χ3v) is 1.40. The Morgan fingerprint density at radius 3 is 3.07 bits per heavy atom. The minimum Gasteiger partial charge on any atom is -0.274 e. The second kappa shape index (κ2) is 4.93. The van der Waals surface area contributed by atoms with E-state index >= 15 is 0 Å². The number of hydrazone groups is 1. The SMILES string of the molecule is Cc1cccc(/C=N/NC(=O)NN)n1. The first-order valence-electron chi connectivity index (χ1n) is 3.95. The first-order chi connectivity index (χ1) is 6.72. The van der Waals surface area contributed by atoms with E-state index in [1.807, 2.05) is 24.5 Å². The maximum absolute atomic E-state index is 10.6. The van der Waals surface area contributed by atoms with Crippen LogP contribution in [0.3, 0.4) is 0 Å². The molecule has 0 aliphatic carbocycles. The second-order valence-electron chi connectivity index (χ2n) is 2.55. The molecule has 1 heterocycles. The van der Waals surface area contributed by atoms with Crippen LogP contribution in [0.5, 0.6) is 0 Å². The summed E-state index contributed by atoms with van der Waals surface area (Å²) in [4.78, 5) is 14.7. The molecule has 0 aliphatic rings. The smallest absolute Gasteiger partial charge is 0.274 e. The van der Waals surface area contributed by atoms with Crippen LogP contribution in [-0.2, 0) is 0 Å². The van der Waals surface area contributed by atoms with E-state index in [1.54, 1.807) is 6.07 Å². The monoisotopic (exact) mass is 193 g/mol. The number of carbonyl (C=O) groups is 1. The lowest BCUT2D eigenvalue weighted by atomic mass is 10.3. The van der Waals surface area contributed by atoms with E-state index in [-0.39, 0.29) is 0 Å². The largest absolute Gasteiger partial charge is 0.349 e. The van der Waals surface area contributed by atoms with Crippen molar-refractivity contribution in [3.8, 4) is 0 Å². The van der Waals surface area contributed by atoms with Gasteiger partial charge in [0, 0.05) is 5.69 Å². The first kappa shape index (κ1) is 10.1. The predicted octanol–water partition coefficient (Wildman–Crippen LogP) is -0.103. The minimum absolute atomic E-state index is 0.575. The molecule has 74 valence electrons. The zero-order chi connectivity index (χ0) is 10.4. The number of nitrogens with two attached hydrogens (primary N) is 1. The van der Waals surface area contributed by atoms with Crippen molar-refractivity contribution in [2.24, 2.45) is 10.9 Å². The molecule has 4 N–H and O–H groups in total. The number of aromatic nitrogens is 1. The van der Waals surface area contributed by atoms with Crippen LogP contribution in [0, 0.1) is 6.92 Å². The molecule has 0 saturated heterocycles. The molecule has 0 bridgehead atoms. The van der Waals surface area contributed by atoms with Gasteiger partial charge in [-0.2, -0.15) is 5.10 Å². The zero-order valence-electron chi connectivity index (χ0n) is 7.69. The summed E-state index contributed by atoms with van der Waals surface area (Å²) in [5.41, 5.74) is 5.59. The number of urea groups is 1. The Balaban J connectivity index is 2.56. The molecule has 14 heavy (non-hydrogen) atoms. The molecule has 0 saturated carbocycles. The second-order valence-corrected chi connectivity index (χ2v) is 2.55. The predicted molar refractivity (Wildman–Crippen MR) is 52.4 cm³/mol. The Morgan fingerprint density at radius 1 is 1.64 bits per heavy atom.